The van der Waals surface area contributed by atoms with Gasteiger partial charge in [0.25, 0.3) is 11.5 Å². The molecule has 6 heteroatoms. The van der Waals surface area contributed by atoms with E-state index >= 15 is 0 Å². The van der Waals surface area contributed by atoms with Crippen molar-refractivity contribution < 1.29 is 9.53 Å². The van der Waals surface area contributed by atoms with Gasteiger partial charge in [0.15, 0.2) is 0 Å². The van der Waals surface area contributed by atoms with Crippen LogP contribution in [0.1, 0.15) is 54.6 Å². The van der Waals surface area contributed by atoms with Crippen molar-refractivity contribution in [2.75, 3.05) is 13.2 Å². The lowest BCUT2D eigenvalue weighted by molar-refractivity contribution is 0.0273. The SMILES string of the molecule is O=C(NCCCOC1CCCCC1)c1ccc(=O)n(Cc2ccccc2)n1. The Morgan fingerprint density at radius 1 is 1.11 bits per heavy atom. The van der Waals surface area contributed by atoms with Gasteiger partial charge in [-0.05, 0) is 30.9 Å². The van der Waals surface area contributed by atoms with E-state index in [0.29, 0.717) is 25.8 Å². The van der Waals surface area contributed by atoms with Gasteiger partial charge in [0.1, 0.15) is 5.69 Å². The molecule has 1 amide bonds. The lowest BCUT2D eigenvalue weighted by Crippen LogP contribution is -2.31. The fourth-order valence-corrected chi connectivity index (χ4v) is 3.29. The van der Waals surface area contributed by atoms with Crippen molar-refractivity contribution in [3.8, 4) is 0 Å². The minimum absolute atomic E-state index is 0.226. The van der Waals surface area contributed by atoms with E-state index in [2.05, 4.69) is 10.4 Å². The fourth-order valence-electron chi connectivity index (χ4n) is 3.29. The smallest absolute Gasteiger partial charge is 0.271 e. The van der Waals surface area contributed by atoms with E-state index in [1.165, 1.54) is 36.1 Å². The molecule has 1 aromatic carbocycles. The molecule has 0 aliphatic heterocycles. The summed E-state index contributed by atoms with van der Waals surface area (Å²) in [5.74, 6) is -0.269. The molecule has 144 valence electrons. The molecule has 0 atom stereocenters. The molecule has 3 rings (SSSR count). The molecule has 1 fully saturated rings. The molecule has 2 aromatic rings. The molecule has 1 saturated carbocycles. The van der Waals surface area contributed by atoms with E-state index in [9.17, 15) is 9.59 Å². The van der Waals surface area contributed by atoms with Crippen molar-refractivity contribution in [3.05, 3.63) is 64.1 Å². The van der Waals surface area contributed by atoms with Crippen LogP contribution in [0, 0.1) is 0 Å². The minimum atomic E-state index is -0.269. The second kappa shape index (κ2) is 10.0. The number of nitrogens with zero attached hydrogens (tertiary/aromatic N) is 2. The van der Waals surface area contributed by atoms with Crippen molar-refractivity contribution >= 4 is 5.91 Å². The van der Waals surface area contributed by atoms with Crippen molar-refractivity contribution in [1.82, 2.24) is 15.1 Å². The molecule has 0 spiro atoms. The monoisotopic (exact) mass is 369 g/mol. The molecule has 0 bridgehead atoms. The zero-order chi connectivity index (χ0) is 18.9. The number of hydrogen-bond donors (Lipinski definition) is 1. The summed E-state index contributed by atoms with van der Waals surface area (Å²) in [5, 5.41) is 7.05. The summed E-state index contributed by atoms with van der Waals surface area (Å²) in [6, 6.07) is 12.4. The van der Waals surface area contributed by atoms with Gasteiger partial charge in [-0.3, -0.25) is 9.59 Å². The van der Waals surface area contributed by atoms with Crippen LogP contribution in [0.2, 0.25) is 0 Å². The summed E-state index contributed by atoms with van der Waals surface area (Å²) < 4.78 is 7.18. The van der Waals surface area contributed by atoms with E-state index in [0.717, 1.165) is 24.8 Å². The maximum atomic E-state index is 12.3. The van der Waals surface area contributed by atoms with Crippen molar-refractivity contribution in [2.24, 2.45) is 0 Å². The summed E-state index contributed by atoms with van der Waals surface area (Å²) >= 11 is 0. The predicted octanol–water partition coefficient (Wildman–Crippen LogP) is 2.76. The van der Waals surface area contributed by atoms with E-state index in [4.69, 9.17) is 4.74 Å². The third-order valence-corrected chi connectivity index (χ3v) is 4.79. The first-order valence-corrected chi connectivity index (χ1v) is 9.74. The number of carbonyl (C=O) groups is 1. The molecule has 1 N–H and O–H groups in total. The Labute approximate surface area is 159 Å². The highest BCUT2D eigenvalue weighted by Gasteiger charge is 2.13. The molecule has 6 nitrogen and oxygen atoms in total. The van der Waals surface area contributed by atoms with Crippen LogP contribution in [0.25, 0.3) is 0 Å². The first kappa shape index (κ1) is 19.3. The van der Waals surface area contributed by atoms with Gasteiger partial charge in [-0.25, -0.2) is 4.68 Å². The number of rotatable bonds is 8. The number of amides is 1. The first-order chi connectivity index (χ1) is 13.2. The van der Waals surface area contributed by atoms with Crippen LogP contribution in [-0.2, 0) is 11.3 Å². The van der Waals surface area contributed by atoms with Gasteiger partial charge in [0, 0.05) is 19.2 Å². The van der Waals surface area contributed by atoms with E-state index in [-0.39, 0.29) is 17.2 Å². The molecular weight excluding hydrogens is 342 g/mol. The molecule has 1 aromatic heterocycles. The number of nitrogens with one attached hydrogen (secondary N) is 1. The standard InChI is InChI=1S/C21H27N3O3/c25-20-13-12-19(23-24(20)16-17-8-3-1-4-9-17)21(26)22-14-7-15-27-18-10-5-2-6-11-18/h1,3-4,8-9,12-13,18H,2,5-7,10-11,14-16H2,(H,22,26). The van der Waals surface area contributed by atoms with Gasteiger partial charge < -0.3 is 10.1 Å². The molecule has 1 aliphatic carbocycles. The Morgan fingerprint density at radius 3 is 2.67 bits per heavy atom. The number of aromatic nitrogens is 2. The Kier molecular flexibility index (Phi) is 7.16. The molecular formula is C21H27N3O3. The number of hydrogen-bond acceptors (Lipinski definition) is 4. The maximum absolute atomic E-state index is 12.3. The number of benzene rings is 1. The highest BCUT2D eigenvalue weighted by molar-refractivity contribution is 5.91. The van der Waals surface area contributed by atoms with Crippen molar-refractivity contribution in [2.45, 2.75) is 51.2 Å². The van der Waals surface area contributed by atoms with Gasteiger partial charge in [-0.15, -0.1) is 0 Å². The Hall–Kier alpha value is -2.47. The minimum Gasteiger partial charge on any atom is -0.378 e. The largest absolute Gasteiger partial charge is 0.378 e. The lowest BCUT2D eigenvalue weighted by atomic mass is 9.98. The van der Waals surface area contributed by atoms with Crippen molar-refractivity contribution in [1.29, 1.82) is 0 Å². The molecule has 0 saturated heterocycles. The van der Waals surface area contributed by atoms with Crippen LogP contribution in [0.15, 0.2) is 47.3 Å². The topological polar surface area (TPSA) is 73.2 Å². The average Bonchev–Trinajstić information content (AvgIpc) is 2.71. The Balaban J connectivity index is 1.46. The van der Waals surface area contributed by atoms with Crippen LogP contribution in [0.4, 0.5) is 0 Å². The molecule has 1 aliphatic rings. The summed E-state index contributed by atoms with van der Waals surface area (Å²) in [5.41, 5.74) is 0.986. The van der Waals surface area contributed by atoms with Crippen LogP contribution in [0.5, 0.6) is 0 Å². The van der Waals surface area contributed by atoms with E-state index in [1.807, 2.05) is 30.3 Å². The third kappa shape index (κ3) is 6.03. The molecule has 27 heavy (non-hydrogen) atoms. The molecule has 0 radical (unpaired) electrons. The molecule has 0 unspecified atom stereocenters. The van der Waals surface area contributed by atoms with Crippen LogP contribution >= 0.6 is 0 Å². The summed E-state index contributed by atoms with van der Waals surface area (Å²) in [6.45, 7) is 1.53. The van der Waals surface area contributed by atoms with Gasteiger partial charge >= 0.3 is 0 Å². The maximum Gasteiger partial charge on any atom is 0.271 e. The van der Waals surface area contributed by atoms with Crippen LogP contribution < -0.4 is 10.9 Å². The average molecular weight is 369 g/mol. The summed E-state index contributed by atoms with van der Waals surface area (Å²) in [4.78, 5) is 24.3. The number of carbonyl (C=O) groups excluding carboxylic acids is 1. The number of ether oxygens (including phenoxy) is 1. The second-order valence-electron chi connectivity index (χ2n) is 6.94. The van der Waals surface area contributed by atoms with Gasteiger partial charge in [0.05, 0.1) is 12.6 Å². The van der Waals surface area contributed by atoms with Gasteiger partial charge in [-0.2, -0.15) is 5.10 Å². The summed E-state index contributed by atoms with van der Waals surface area (Å²) in [7, 11) is 0. The predicted molar refractivity (Wildman–Crippen MR) is 104 cm³/mol. The Bertz CT molecular complexity index is 783. The lowest BCUT2D eigenvalue weighted by Gasteiger charge is -2.21. The first-order valence-electron chi connectivity index (χ1n) is 9.74. The van der Waals surface area contributed by atoms with E-state index in [1.54, 1.807) is 0 Å². The van der Waals surface area contributed by atoms with Gasteiger partial charge in [-0.1, -0.05) is 49.6 Å². The van der Waals surface area contributed by atoms with Crippen LogP contribution in [0.3, 0.4) is 0 Å². The highest BCUT2D eigenvalue weighted by atomic mass is 16.5. The quantitative estimate of drug-likeness (QED) is 0.726. The Morgan fingerprint density at radius 2 is 1.89 bits per heavy atom. The summed E-state index contributed by atoms with van der Waals surface area (Å²) in [6.07, 6.45) is 7.29. The fraction of sp³-hybridized carbons (Fsp3) is 0.476. The zero-order valence-corrected chi connectivity index (χ0v) is 15.6. The van der Waals surface area contributed by atoms with Gasteiger partial charge in [0.2, 0.25) is 0 Å². The molecule has 1 heterocycles. The second-order valence-corrected chi connectivity index (χ2v) is 6.94. The zero-order valence-electron chi connectivity index (χ0n) is 15.6. The van der Waals surface area contributed by atoms with E-state index < -0.39 is 0 Å². The third-order valence-electron chi connectivity index (χ3n) is 4.79. The van der Waals surface area contributed by atoms with Crippen LogP contribution in [-0.4, -0.2) is 34.9 Å². The van der Waals surface area contributed by atoms with Crippen molar-refractivity contribution in [3.63, 3.8) is 0 Å². The normalized spacial score (nSPS) is 14.8. The highest BCUT2D eigenvalue weighted by Crippen LogP contribution is 2.20.